The summed E-state index contributed by atoms with van der Waals surface area (Å²) < 4.78 is 0. The maximum absolute atomic E-state index is 12.0. The molecule has 2 N–H and O–H groups in total. The molecule has 1 aliphatic rings. The number of phenols is 1. The minimum atomic E-state index is 0.0928. The third kappa shape index (κ3) is 4.24. The van der Waals surface area contributed by atoms with E-state index in [0.717, 1.165) is 5.56 Å². The lowest BCUT2D eigenvalue weighted by molar-refractivity contribution is -0.129. The van der Waals surface area contributed by atoms with Gasteiger partial charge in [0.1, 0.15) is 5.75 Å². The third-order valence-corrected chi connectivity index (χ3v) is 3.65. The van der Waals surface area contributed by atoms with Crippen LogP contribution in [0.3, 0.4) is 0 Å². The van der Waals surface area contributed by atoms with E-state index in [1.807, 2.05) is 6.07 Å². The van der Waals surface area contributed by atoms with Gasteiger partial charge in [0.15, 0.2) is 0 Å². The summed E-state index contributed by atoms with van der Waals surface area (Å²) in [5, 5.41) is 12.7. The Bertz CT molecular complexity index is 428. The molecule has 4 nitrogen and oxygen atoms in total. The number of likely N-dealkylation sites (N-methyl/N-ethyl adjacent to an activating group) is 1. The van der Waals surface area contributed by atoms with E-state index in [-0.39, 0.29) is 11.7 Å². The van der Waals surface area contributed by atoms with Crippen molar-refractivity contribution in [3.05, 3.63) is 29.8 Å². The molecule has 19 heavy (non-hydrogen) atoms. The van der Waals surface area contributed by atoms with E-state index in [1.54, 1.807) is 30.1 Å². The number of nitrogens with one attached hydrogen (secondary N) is 1. The molecular weight excluding hydrogens is 240 g/mol. The molecule has 1 aromatic rings. The molecule has 0 aliphatic heterocycles. The van der Waals surface area contributed by atoms with Crippen molar-refractivity contribution in [2.24, 2.45) is 0 Å². The van der Waals surface area contributed by atoms with Crippen LogP contribution in [-0.2, 0) is 11.3 Å². The lowest BCUT2D eigenvalue weighted by atomic mass is 10.2. The molecule has 1 amide bonds. The van der Waals surface area contributed by atoms with E-state index in [0.29, 0.717) is 19.1 Å². The van der Waals surface area contributed by atoms with Crippen LogP contribution in [0.2, 0.25) is 0 Å². The van der Waals surface area contributed by atoms with Gasteiger partial charge in [-0.1, -0.05) is 25.0 Å². The number of benzene rings is 1. The quantitative estimate of drug-likeness (QED) is 0.852. The van der Waals surface area contributed by atoms with Gasteiger partial charge in [0.25, 0.3) is 0 Å². The standard InChI is InChI=1S/C15H22N2O2/c1-17(11-12-5-4-8-14(18)9-12)15(19)10-16-13-6-2-3-7-13/h4-5,8-9,13,16,18H,2-3,6-7,10-11H2,1H3. The Hall–Kier alpha value is -1.55. The zero-order chi connectivity index (χ0) is 13.7. The molecule has 1 aliphatic carbocycles. The van der Waals surface area contributed by atoms with E-state index in [2.05, 4.69) is 5.32 Å². The van der Waals surface area contributed by atoms with E-state index in [4.69, 9.17) is 0 Å². The van der Waals surface area contributed by atoms with Crippen molar-refractivity contribution in [2.75, 3.05) is 13.6 Å². The largest absolute Gasteiger partial charge is 0.508 e. The number of hydrogen-bond donors (Lipinski definition) is 2. The average Bonchev–Trinajstić information content (AvgIpc) is 2.89. The van der Waals surface area contributed by atoms with Crippen LogP contribution in [0.15, 0.2) is 24.3 Å². The highest BCUT2D eigenvalue weighted by molar-refractivity contribution is 5.78. The normalized spacial score (nSPS) is 15.6. The van der Waals surface area contributed by atoms with Crippen LogP contribution in [0.4, 0.5) is 0 Å². The topological polar surface area (TPSA) is 52.6 Å². The number of carbonyl (C=O) groups is 1. The van der Waals surface area contributed by atoms with Crippen LogP contribution in [0, 0.1) is 0 Å². The summed E-state index contributed by atoms with van der Waals surface area (Å²) in [7, 11) is 1.79. The van der Waals surface area contributed by atoms with Crippen LogP contribution in [-0.4, -0.2) is 35.5 Å². The molecule has 104 valence electrons. The Kier molecular flexibility index (Phi) is 4.80. The third-order valence-electron chi connectivity index (χ3n) is 3.65. The molecule has 4 heteroatoms. The lowest BCUT2D eigenvalue weighted by Crippen LogP contribution is -2.38. The van der Waals surface area contributed by atoms with Gasteiger partial charge in [0.2, 0.25) is 5.91 Å². The van der Waals surface area contributed by atoms with Crippen LogP contribution in [0.1, 0.15) is 31.2 Å². The zero-order valence-electron chi connectivity index (χ0n) is 11.4. The predicted octanol–water partition coefficient (Wildman–Crippen LogP) is 1.88. The van der Waals surface area contributed by atoms with Crippen molar-refractivity contribution in [2.45, 2.75) is 38.3 Å². The Morgan fingerprint density at radius 3 is 2.84 bits per heavy atom. The average molecular weight is 262 g/mol. The van der Waals surface area contributed by atoms with Gasteiger partial charge >= 0.3 is 0 Å². The van der Waals surface area contributed by atoms with Crippen molar-refractivity contribution < 1.29 is 9.90 Å². The number of carbonyl (C=O) groups excluding carboxylic acids is 1. The number of amides is 1. The van der Waals surface area contributed by atoms with Crippen LogP contribution >= 0.6 is 0 Å². The highest BCUT2D eigenvalue weighted by atomic mass is 16.3. The summed E-state index contributed by atoms with van der Waals surface area (Å²) in [5.74, 6) is 0.331. The first kappa shape index (κ1) is 13.9. The summed E-state index contributed by atoms with van der Waals surface area (Å²) in [5.41, 5.74) is 0.941. The molecule has 0 spiro atoms. The second kappa shape index (κ2) is 6.57. The summed E-state index contributed by atoms with van der Waals surface area (Å²) in [6.45, 7) is 0.930. The maximum atomic E-state index is 12.0. The van der Waals surface area contributed by atoms with Crippen molar-refractivity contribution in [3.63, 3.8) is 0 Å². The van der Waals surface area contributed by atoms with E-state index in [9.17, 15) is 9.90 Å². The van der Waals surface area contributed by atoms with Gasteiger partial charge in [-0.25, -0.2) is 0 Å². The van der Waals surface area contributed by atoms with Crippen molar-refractivity contribution in [1.29, 1.82) is 0 Å². The number of phenolic OH excluding ortho intramolecular Hbond substituents is 1. The van der Waals surface area contributed by atoms with Crippen molar-refractivity contribution in [3.8, 4) is 5.75 Å². The Labute approximate surface area is 114 Å². The summed E-state index contributed by atoms with van der Waals surface area (Å²) >= 11 is 0. The van der Waals surface area contributed by atoms with Gasteiger partial charge < -0.3 is 15.3 Å². The lowest BCUT2D eigenvalue weighted by Gasteiger charge is -2.19. The van der Waals surface area contributed by atoms with Crippen LogP contribution in [0.5, 0.6) is 5.75 Å². The fraction of sp³-hybridized carbons (Fsp3) is 0.533. The zero-order valence-corrected chi connectivity index (χ0v) is 11.4. The van der Waals surface area contributed by atoms with E-state index < -0.39 is 0 Å². The summed E-state index contributed by atoms with van der Waals surface area (Å²) in [4.78, 5) is 13.7. The number of rotatable bonds is 5. The molecule has 0 radical (unpaired) electrons. The Morgan fingerprint density at radius 1 is 1.42 bits per heavy atom. The monoisotopic (exact) mass is 262 g/mol. The molecule has 1 fully saturated rings. The Balaban J connectivity index is 1.78. The second-order valence-electron chi connectivity index (χ2n) is 5.28. The maximum Gasteiger partial charge on any atom is 0.236 e. The second-order valence-corrected chi connectivity index (χ2v) is 5.28. The summed E-state index contributed by atoms with van der Waals surface area (Å²) in [6, 6.07) is 7.53. The van der Waals surface area contributed by atoms with Crippen molar-refractivity contribution >= 4 is 5.91 Å². The number of hydrogen-bond acceptors (Lipinski definition) is 3. The SMILES string of the molecule is CN(Cc1cccc(O)c1)C(=O)CNC1CCCC1. The summed E-state index contributed by atoms with van der Waals surface area (Å²) in [6.07, 6.45) is 4.91. The number of nitrogens with zero attached hydrogens (tertiary/aromatic N) is 1. The molecule has 0 bridgehead atoms. The predicted molar refractivity (Wildman–Crippen MR) is 74.8 cm³/mol. The van der Waals surface area contributed by atoms with Gasteiger partial charge in [0.05, 0.1) is 6.54 Å². The van der Waals surface area contributed by atoms with Gasteiger partial charge in [-0.15, -0.1) is 0 Å². The first-order valence-corrected chi connectivity index (χ1v) is 6.90. The molecule has 1 saturated carbocycles. The molecule has 1 aromatic carbocycles. The minimum absolute atomic E-state index is 0.0928. The molecule has 0 saturated heterocycles. The molecular formula is C15H22N2O2. The number of aromatic hydroxyl groups is 1. The smallest absolute Gasteiger partial charge is 0.236 e. The molecule has 0 atom stereocenters. The van der Waals surface area contributed by atoms with E-state index >= 15 is 0 Å². The Morgan fingerprint density at radius 2 is 2.16 bits per heavy atom. The van der Waals surface area contributed by atoms with Gasteiger partial charge in [-0.05, 0) is 30.5 Å². The fourth-order valence-electron chi connectivity index (χ4n) is 2.51. The van der Waals surface area contributed by atoms with Gasteiger partial charge in [0, 0.05) is 19.6 Å². The van der Waals surface area contributed by atoms with Gasteiger partial charge in [-0.2, -0.15) is 0 Å². The first-order chi connectivity index (χ1) is 9.15. The highest BCUT2D eigenvalue weighted by Crippen LogP contribution is 2.17. The molecule has 0 unspecified atom stereocenters. The van der Waals surface area contributed by atoms with Crippen molar-refractivity contribution in [1.82, 2.24) is 10.2 Å². The van der Waals surface area contributed by atoms with Crippen LogP contribution in [0.25, 0.3) is 0 Å². The minimum Gasteiger partial charge on any atom is -0.508 e. The first-order valence-electron chi connectivity index (χ1n) is 6.90. The van der Waals surface area contributed by atoms with Gasteiger partial charge in [-0.3, -0.25) is 4.79 Å². The van der Waals surface area contributed by atoms with Crippen LogP contribution < -0.4 is 5.32 Å². The molecule has 0 aromatic heterocycles. The fourth-order valence-corrected chi connectivity index (χ4v) is 2.51. The molecule has 0 heterocycles. The highest BCUT2D eigenvalue weighted by Gasteiger charge is 2.16. The van der Waals surface area contributed by atoms with E-state index in [1.165, 1.54) is 25.7 Å². The molecule has 2 rings (SSSR count).